The van der Waals surface area contributed by atoms with Gasteiger partial charge in [0.25, 0.3) is 0 Å². The number of rotatable bonds is 0. The van der Waals surface area contributed by atoms with E-state index < -0.39 is 0 Å². The van der Waals surface area contributed by atoms with Crippen LogP contribution in [0.15, 0.2) is 48.5 Å². The quantitative estimate of drug-likeness (QED) is 0.669. The number of halogens is 1. The molecule has 3 heteroatoms. The van der Waals surface area contributed by atoms with Crippen molar-refractivity contribution >= 4 is 5.69 Å². The first-order valence-corrected chi connectivity index (χ1v) is 4.86. The van der Waals surface area contributed by atoms with Crippen LogP contribution in [0.5, 0.6) is 5.75 Å². The monoisotopic (exact) mass is 219 g/mol. The Balaban J connectivity index is 0.000000165. The summed E-state index contributed by atoms with van der Waals surface area (Å²) in [6.07, 6.45) is 0. The Hall–Kier alpha value is -2.03. The first kappa shape index (κ1) is 12.0. The normalized spacial score (nSPS) is 9.12. The molecule has 0 aliphatic carbocycles. The van der Waals surface area contributed by atoms with E-state index in [1.807, 2.05) is 6.07 Å². The Morgan fingerprint density at radius 1 is 1.00 bits per heavy atom. The molecule has 0 aliphatic heterocycles. The highest BCUT2D eigenvalue weighted by Gasteiger charge is 1.97. The largest absolute Gasteiger partial charge is 0.508 e. The molecule has 0 saturated heterocycles. The Morgan fingerprint density at radius 3 is 2.00 bits per heavy atom. The SMILES string of the molecule is Cc1cccc(N)c1F.Oc1ccccc1. The van der Waals surface area contributed by atoms with Gasteiger partial charge in [0.15, 0.2) is 0 Å². The van der Waals surface area contributed by atoms with Gasteiger partial charge in [-0.05, 0) is 30.7 Å². The number of phenolic OH excluding ortho intramolecular Hbond substituents is 1. The van der Waals surface area contributed by atoms with Crippen LogP contribution in [0.2, 0.25) is 0 Å². The summed E-state index contributed by atoms with van der Waals surface area (Å²) in [5.74, 6) is 0.0139. The van der Waals surface area contributed by atoms with E-state index in [1.54, 1.807) is 49.4 Å². The van der Waals surface area contributed by atoms with Crippen molar-refractivity contribution in [2.75, 3.05) is 5.73 Å². The molecule has 2 aromatic carbocycles. The van der Waals surface area contributed by atoms with Crippen LogP contribution in [0, 0.1) is 12.7 Å². The van der Waals surface area contributed by atoms with Crippen LogP contribution in [0.25, 0.3) is 0 Å². The maximum Gasteiger partial charge on any atom is 0.148 e. The minimum Gasteiger partial charge on any atom is -0.508 e. The van der Waals surface area contributed by atoms with Crippen molar-refractivity contribution in [2.45, 2.75) is 6.92 Å². The lowest BCUT2D eigenvalue weighted by Crippen LogP contribution is -1.91. The van der Waals surface area contributed by atoms with E-state index in [9.17, 15) is 4.39 Å². The molecule has 0 aromatic heterocycles. The fourth-order valence-corrected chi connectivity index (χ4v) is 1.10. The minimum atomic E-state index is -0.308. The number of aromatic hydroxyl groups is 1. The van der Waals surface area contributed by atoms with E-state index in [1.165, 1.54) is 0 Å². The first-order chi connectivity index (χ1) is 7.61. The lowest BCUT2D eigenvalue weighted by atomic mass is 10.2. The second-order valence-electron chi connectivity index (χ2n) is 3.31. The Kier molecular flexibility index (Phi) is 4.33. The second-order valence-corrected chi connectivity index (χ2v) is 3.31. The van der Waals surface area contributed by atoms with Crippen LogP contribution in [0.3, 0.4) is 0 Å². The van der Waals surface area contributed by atoms with Gasteiger partial charge in [-0.25, -0.2) is 4.39 Å². The maximum absolute atomic E-state index is 12.6. The average molecular weight is 219 g/mol. The Labute approximate surface area is 94.2 Å². The summed E-state index contributed by atoms with van der Waals surface area (Å²) in [7, 11) is 0. The summed E-state index contributed by atoms with van der Waals surface area (Å²) in [5.41, 5.74) is 6.06. The highest BCUT2D eigenvalue weighted by molar-refractivity contribution is 5.42. The molecule has 0 unspecified atom stereocenters. The van der Waals surface area contributed by atoms with Crippen molar-refractivity contribution in [3.8, 4) is 5.75 Å². The molecule has 0 amide bonds. The predicted octanol–water partition coefficient (Wildman–Crippen LogP) is 3.11. The van der Waals surface area contributed by atoms with E-state index in [4.69, 9.17) is 10.8 Å². The molecule has 2 rings (SSSR count). The zero-order valence-corrected chi connectivity index (χ0v) is 9.02. The summed E-state index contributed by atoms with van der Waals surface area (Å²) in [5, 5.41) is 8.63. The molecule has 84 valence electrons. The van der Waals surface area contributed by atoms with Gasteiger partial charge in [0.2, 0.25) is 0 Å². The summed E-state index contributed by atoms with van der Waals surface area (Å²) in [6.45, 7) is 1.69. The number of benzene rings is 2. The summed E-state index contributed by atoms with van der Waals surface area (Å²) in [4.78, 5) is 0. The van der Waals surface area contributed by atoms with Crippen LogP contribution in [0.1, 0.15) is 5.56 Å². The standard InChI is InChI=1S/C7H8FN.C6H6O/c1-5-3-2-4-6(9)7(5)8;7-6-4-2-1-3-5-6/h2-4H,9H2,1H3;1-5,7H. The van der Waals surface area contributed by atoms with Crippen LogP contribution < -0.4 is 5.73 Å². The Morgan fingerprint density at radius 2 is 1.62 bits per heavy atom. The Bertz CT molecular complexity index is 423. The predicted molar refractivity (Wildman–Crippen MR) is 63.7 cm³/mol. The minimum absolute atomic E-state index is 0.218. The summed E-state index contributed by atoms with van der Waals surface area (Å²) < 4.78 is 12.6. The third-order valence-electron chi connectivity index (χ3n) is 1.98. The van der Waals surface area contributed by atoms with Gasteiger partial charge in [0, 0.05) is 0 Å². The van der Waals surface area contributed by atoms with Gasteiger partial charge in [0.1, 0.15) is 11.6 Å². The molecule has 16 heavy (non-hydrogen) atoms. The van der Waals surface area contributed by atoms with Gasteiger partial charge in [-0.1, -0.05) is 30.3 Å². The van der Waals surface area contributed by atoms with E-state index in [0.717, 1.165) is 0 Å². The molecular weight excluding hydrogens is 205 g/mol. The van der Waals surface area contributed by atoms with Crippen molar-refractivity contribution in [3.63, 3.8) is 0 Å². The molecule has 0 spiro atoms. The third-order valence-corrected chi connectivity index (χ3v) is 1.98. The average Bonchev–Trinajstić information content (AvgIpc) is 2.28. The van der Waals surface area contributed by atoms with E-state index in [2.05, 4.69) is 0 Å². The number of phenols is 1. The highest BCUT2D eigenvalue weighted by Crippen LogP contribution is 2.12. The number of nitrogens with two attached hydrogens (primary N) is 1. The third kappa shape index (κ3) is 3.61. The molecule has 0 aliphatic rings. The van der Waals surface area contributed by atoms with Crippen LogP contribution in [-0.4, -0.2) is 5.11 Å². The van der Waals surface area contributed by atoms with Crippen molar-refractivity contribution < 1.29 is 9.50 Å². The molecule has 0 fully saturated rings. The smallest absolute Gasteiger partial charge is 0.148 e. The van der Waals surface area contributed by atoms with Crippen LogP contribution in [-0.2, 0) is 0 Å². The second kappa shape index (κ2) is 5.75. The summed E-state index contributed by atoms with van der Waals surface area (Å²) in [6, 6.07) is 13.7. The lowest BCUT2D eigenvalue weighted by Gasteiger charge is -1.96. The van der Waals surface area contributed by atoms with Gasteiger partial charge in [0.05, 0.1) is 5.69 Å². The molecular formula is C13H14FNO. The molecule has 0 radical (unpaired) electrons. The van der Waals surface area contributed by atoms with Gasteiger partial charge < -0.3 is 10.8 Å². The number of aryl methyl sites for hydroxylation is 1. The summed E-state index contributed by atoms with van der Waals surface area (Å²) >= 11 is 0. The fraction of sp³-hybridized carbons (Fsp3) is 0.0769. The number of anilines is 1. The lowest BCUT2D eigenvalue weighted by molar-refractivity contribution is 0.475. The number of hydrogen-bond donors (Lipinski definition) is 2. The van der Waals surface area contributed by atoms with Crippen LogP contribution >= 0.6 is 0 Å². The molecule has 2 aromatic rings. The van der Waals surface area contributed by atoms with Crippen LogP contribution in [0.4, 0.5) is 10.1 Å². The van der Waals surface area contributed by atoms with E-state index >= 15 is 0 Å². The van der Waals surface area contributed by atoms with Crippen molar-refractivity contribution in [3.05, 3.63) is 59.9 Å². The number of hydrogen-bond acceptors (Lipinski definition) is 2. The molecule has 2 nitrogen and oxygen atoms in total. The van der Waals surface area contributed by atoms with Gasteiger partial charge >= 0.3 is 0 Å². The van der Waals surface area contributed by atoms with Gasteiger partial charge in [-0.15, -0.1) is 0 Å². The fourth-order valence-electron chi connectivity index (χ4n) is 1.10. The molecule has 0 heterocycles. The van der Waals surface area contributed by atoms with E-state index in [-0.39, 0.29) is 11.5 Å². The zero-order chi connectivity index (χ0) is 12.0. The zero-order valence-electron chi connectivity index (χ0n) is 9.02. The topological polar surface area (TPSA) is 46.2 Å². The molecule has 0 bridgehead atoms. The molecule has 0 atom stereocenters. The van der Waals surface area contributed by atoms with E-state index in [0.29, 0.717) is 11.3 Å². The van der Waals surface area contributed by atoms with Crippen molar-refractivity contribution in [2.24, 2.45) is 0 Å². The molecule has 3 N–H and O–H groups in total. The van der Waals surface area contributed by atoms with Gasteiger partial charge in [-0.3, -0.25) is 0 Å². The maximum atomic E-state index is 12.6. The van der Waals surface area contributed by atoms with Crippen molar-refractivity contribution in [1.29, 1.82) is 0 Å². The van der Waals surface area contributed by atoms with Gasteiger partial charge in [-0.2, -0.15) is 0 Å². The first-order valence-electron chi connectivity index (χ1n) is 4.86. The number of para-hydroxylation sites is 1. The van der Waals surface area contributed by atoms with Crippen molar-refractivity contribution in [1.82, 2.24) is 0 Å². The highest BCUT2D eigenvalue weighted by atomic mass is 19.1. The molecule has 0 saturated carbocycles. The number of nitrogen functional groups attached to an aromatic ring is 1.